The highest BCUT2D eigenvalue weighted by Crippen LogP contribution is 2.40. The van der Waals surface area contributed by atoms with Gasteiger partial charge in [-0.25, -0.2) is 0 Å². The van der Waals surface area contributed by atoms with Gasteiger partial charge in [-0.15, -0.1) is 0 Å². The van der Waals surface area contributed by atoms with Gasteiger partial charge in [-0.3, -0.25) is 0 Å². The van der Waals surface area contributed by atoms with Crippen LogP contribution in [0.25, 0.3) is 0 Å². The van der Waals surface area contributed by atoms with Crippen LogP contribution in [0.5, 0.6) is 0 Å². The van der Waals surface area contributed by atoms with Gasteiger partial charge in [-0.05, 0) is 42.7 Å². The second-order valence-electron chi connectivity index (χ2n) is 6.34. The van der Waals surface area contributed by atoms with Gasteiger partial charge in [0.05, 0.1) is 0 Å². The van der Waals surface area contributed by atoms with Crippen molar-refractivity contribution in [1.29, 1.82) is 0 Å². The molecule has 0 amide bonds. The van der Waals surface area contributed by atoms with Gasteiger partial charge < -0.3 is 5.32 Å². The van der Waals surface area contributed by atoms with Crippen molar-refractivity contribution in [3.8, 4) is 0 Å². The summed E-state index contributed by atoms with van der Waals surface area (Å²) in [6.07, 6.45) is 1.18. The zero-order chi connectivity index (χ0) is 17.3. The predicted molar refractivity (Wildman–Crippen MR) is 111 cm³/mol. The topological polar surface area (TPSA) is 12.0 Å². The molecule has 0 aliphatic carbocycles. The first kappa shape index (κ1) is 17.9. The zero-order valence-corrected chi connectivity index (χ0v) is 15.7. The van der Waals surface area contributed by atoms with E-state index in [1.807, 2.05) is 0 Å². The van der Waals surface area contributed by atoms with Crippen LogP contribution in [0.1, 0.15) is 18.9 Å². The lowest BCUT2D eigenvalue weighted by Gasteiger charge is -2.26. The Morgan fingerprint density at radius 3 is 1.72 bits per heavy atom. The Morgan fingerprint density at radius 2 is 1.20 bits per heavy atom. The van der Waals surface area contributed by atoms with Crippen LogP contribution < -0.4 is 15.9 Å². The average Bonchev–Trinajstić information content (AvgIpc) is 2.68. The molecule has 3 aromatic rings. The predicted octanol–water partition coefficient (Wildman–Crippen LogP) is 4.69. The number of benzene rings is 3. The third-order valence-electron chi connectivity index (χ3n) is 4.42. The van der Waals surface area contributed by atoms with E-state index in [9.17, 15) is 0 Å². The molecule has 3 aromatic carbocycles. The first-order valence-electron chi connectivity index (χ1n) is 8.98. The minimum absolute atomic E-state index is 0.323. The Labute approximate surface area is 152 Å². The third-order valence-corrected chi connectivity index (χ3v) is 7.27. The van der Waals surface area contributed by atoms with Gasteiger partial charge in [0.1, 0.15) is 0 Å². The maximum Gasteiger partial charge on any atom is 0.0205 e. The summed E-state index contributed by atoms with van der Waals surface area (Å²) in [7, 11) is -0.323. The summed E-state index contributed by atoms with van der Waals surface area (Å²) in [6, 6.07) is 32.6. The fraction of sp³-hybridized carbons (Fsp3) is 0.217. The van der Waals surface area contributed by atoms with Crippen molar-refractivity contribution in [2.75, 3.05) is 6.54 Å². The van der Waals surface area contributed by atoms with Gasteiger partial charge >= 0.3 is 0 Å². The highest BCUT2D eigenvalue weighted by molar-refractivity contribution is 7.73. The minimum atomic E-state index is -0.323. The molecule has 128 valence electrons. The molecule has 1 N–H and O–H groups in total. The molecule has 0 saturated carbocycles. The van der Waals surface area contributed by atoms with E-state index in [4.69, 9.17) is 0 Å². The van der Waals surface area contributed by atoms with Gasteiger partial charge in [0.2, 0.25) is 0 Å². The van der Waals surface area contributed by atoms with Crippen LogP contribution in [0.3, 0.4) is 0 Å². The van der Waals surface area contributed by atoms with E-state index in [0.717, 1.165) is 13.1 Å². The molecule has 0 aliphatic heterocycles. The molecule has 0 aliphatic rings. The van der Waals surface area contributed by atoms with Gasteiger partial charge in [-0.2, -0.15) is 0 Å². The second-order valence-corrected chi connectivity index (χ2v) is 9.00. The highest BCUT2D eigenvalue weighted by atomic mass is 31.1. The molecular weight excluding hydrogens is 321 g/mol. The molecule has 1 atom stereocenters. The van der Waals surface area contributed by atoms with Crippen molar-refractivity contribution in [3.63, 3.8) is 0 Å². The van der Waals surface area contributed by atoms with Crippen LogP contribution >= 0.6 is 7.92 Å². The van der Waals surface area contributed by atoms with Crippen LogP contribution in [0, 0.1) is 0 Å². The molecular formula is C23H26NP. The Bertz CT molecular complexity index is 688. The van der Waals surface area contributed by atoms with Crippen molar-refractivity contribution in [3.05, 3.63) is 96.6 Å². The molecule has 25 heavy (non-hydrogen) atoms. The van der Waals surface area contributed by atoms with Gasteiger partial charge in [0.25, 0.3) is 0 Å². The van der Waals surface area contributed by atoms with E-state index in [1.165, 1.54) is 22.6 Å². The standard InChI is InChI=1S/C23H26NP/c1-20(17-18-24-19-21-11-5-2-6-12-21)25(22-13-7-3-8-14-22)23-15-9-4-10-16-23/h2-16,20,24H,17-19H2,1H3/t20-/m0/s1. The van der Waals surface area contributed by atoms with E-state index in [0.29, 0.717) is 5.66 Å². The molecule has 2 heteroatoms. The van der Waals surface area contributed by atoms with E-state index in [-0.39, 0.29) is 7.92 Å². The van der Waals surface area contributed by atoms with Gasteiger partial charge in [0.15, 0.2) is 0 Å². The lowest BCUT2D eigenvalue weighted by atomic mass is 10.2. The van der Waals surface area contributed by atoms with Crippen molar-refractivity contribution in [2.45, 2.75) is 25.5 Å². The van der Waals surface area contributed by atoms with Crippen molar-refractivity contribution in [2.24, 2.45) is 0 Å². The second kappa shape index (κ2) is 9.51. The molecule has 0 radical (unpaired) electrons. The average molecular weight is 347 g/mol. The van der Waals surface area contributed by atoms with E-state index >= 15 is 0 Å². The summed E-state index contributed by atoms with van der Waals surface area (Å²) in [5, 5.41) is 6.54. The van der Waals surface area contributed by atoms with E-state index < -0.39 is 0 Å². The highest BCUT2D eigenvalue weighted by Gasteiger charge is 2.20. The summed E-state index contributed by atoms with van der Waals surface area (Å²) in [5.41, 5.74) is 1.99. The number of rotatable bonds is 8. The summed E-state index contributed by atoms with van der Waals surface area (Å²) >= 11 is 0. The molecule has 1 nitrogen and oxygen atoms in total. The summed E-state index contributed by atoms with van der Waals surface area (Å²) in [5.74, 6) is 0. The Balaban J connectivity index is 1.62. The van der Waals surface area contributed by atoms with Crippen LogP contribution in [0.4, 0.5) is 0 Å². The zero-order valence-electron chi connectivity index (χ0n) is 14.8. The van der Waals surface area contributed by atoms with Crippen LogP contribution in [-0.2, 0) is 6.54 Å². The molecule has 0 unspecified atom stereocenters. The molecule has 0 aromatic heterocycles. The number of hydrogen-bond donors (Lipinski definition) is 1. The maximum absolute atomic E-state index is 3.60. The summed E-state index contributed by atoms with van der Waals surface area (Å²) in [4.78, 5) is 0. The third kappa shape index (κ3) is 5.26. The van der Waals surface area contributed by atoms with E-state index in [1.54, 1.807) is 0 Å². The molecule has 0 bridgehead atoms. The SMILES string of the molecule is C[C@@H](CCNCc1ccccc1)P(c1ccccc1)c1ccccc1. The number of hydrogen-bond acceptors (Lipinski definition) is 1. The van der Waals surface area contributed by atoms with Gasteiger partial charge in [-0.1, -0.05) is 97.9 Å². The Morgan fingerprint density at radius 1 is 0.720 bits per heavy atom. The quantitative estimate of drug-likeness (QED) is 0.460. The fourth-order valence-corrected chi connectivity index (χ4v) is 5.79. The van der Waals surface area contributed by atoms with Crippen LogP contribution in [-0.4, -0.2) is 12.2 Å². The monoisotopic (exact) mass is 347 g/mol. The van der Waals surface area contributed by atoms with Crippen molar-refractivity contribution >= 4 is 18.5 Å². The van der Waals surface area contributed by atoms with Crippen LogP contribution in [0.2, 0.25) is 0 Å². The molecule has 0 saturated heterocycles. The Hall–Kier alpha value is -1.95. The minimum Gasteiger partial charge on any atom is -0.313 e. The van der Waals surface area contributed by atoms with Gasteiger partial charge in [0, 0.05) is 6.54 Å². The lowest BCUT2D eigenvalue weighted by Crippen LogP contribution is -2.24. The molecule has 0 spiro atoms. The smallest absolute Gasteiger partial charge is 0.0205 e. The van der Waals surface area contributed by atoms with E-state index in [2.05, 4.69) is 103 Å². The lowest BCUT2D eigenvalue weighted by molar-refractivity contribution is 0.646. The summed E-state index contributed by atoms with van der Waals surface area (Å²) < 4.78 is 0. The molecule has 3 rings (SSSR count). The Kier molecular flexibility index (Phi) is 6.79. The number of nitrogens with one attached hydrogen (secondary N) is 1. The molecule has 0 fully saturated rings. The first-order valence-corrected chi connectivity index (χ1v) is 10.4. The van der Waals surface area contributed by atoms with Crippen molar-refractivity contribution < 1.29 is 0 Å². The maximum atomic E-state index is 3.60. The fourth-order valence-electron chi connectivity index (χ4n) is 3.10. The first-order chi connectivity index (χ1) is 12.3. The van der Waals surface area contributed by atoms with Crippen LogP contribution in [0.15, 0.2) is 91.0 Å². The largest absolute Gasteiger partial charge is 0.313 e. The summed E-state index contributed by atoms with van der Waals surface area (Å²) in [6.45, 7) is 4.40. The van der Waals surface area contributed by atoms with Crippen molar-refractivity contribution in [1.82, 2.24) is 5.32 Å². The molecule has 0 heterocycles. The normalized spacial score (nSPS) is 12.2.